The summed E-state index contributed by atoms with van der Waals surface area (Å²) >= 11 is 9.20. The Balaban J connectivity index is 2.58. The number of aromatic nitrogens is 2. The monoisotopic (exact) mass is 420 g/mol. The summed E-state index contributed by atoms with van der Waals surface area (Å²) in [5.41, 5.74) is 0.164. The van der Waals surface area contributed by atoms with Crippen LogP contribution in [0.25, 0.3) is 0 Å². The maximum absolute atomic E-state index is 10.3. The Kier molecular flexibility index (Phi) is 5.71. The molecule has 0 aliphatic carbocycles. The maximum Gasteiger partial charge on any atom is 0.323 e. The van der Waals surface area contributed by atoms with Gasteiger partial charge in [-0.05, 0) is 17.7 Å². The second kappa shape index (κ2) is 7.09. The van der Waals surface area contributed by atoms with Gasteiger partial charge in [0.2, 0.25) is 5.79 Å². The molecule has 0 aliphatic heterocycles. The van der Waals surface area contributed by atoms with E-state index in [0.717, 1.165) is 9.04 Å². The van der Waals surface area contributed by atoms with Crippen molar-refractivity contribution in [2.75, 3.05) is 0 Å². The van der Waals surface area contributed by atoms with Crippen molar-refractivity contribution in [1.29, 1.82) is 0 Å². The van der Waals surface area contributed by atoms with Gasteiger partial charge in [0, 0.05) is 17.4 Å². The third kappa shape index (κ3) is 4.15. The summed E-state index contributed by atoms with van der Waals surface area (Å²) in [5.74, 6) is -5.90. The molecule has 0 saturated heterocycles. The van der Waals surface area contributed by atoms with E-state index in [1.54, 1.807) is 31.2 Å². The van der Waals surface area contributed by atoms with Crippen molar-refractivity contribution in [3.63, 3.8) is 0 Å². The van der Waals surface area contributed by atoms with Gasteiger partial charge in [-0.1, -0.05) is 53.0 Å². The van der Waals surface area contributed by atoms with Gasteiger partial charge in [-0.3, -0.25) is 0 Å². The molecule has 1 heterocycles. The number of rotatable bonds is 6. The highest BCUT2D eigenvalue weighted by molar-refractivity contribution is 9.10. The topological polar surface area (TPSA) is 119 Å². The highest BCUT2D eigenvalue weighted by Crippen LogP contribution is 2.32. The highest BCUT2D eigenvalue weighted by Gasteiger charge is 2.39. The van der Waals surface area contributed by atoms with Crippen LogP contribution < -0.4 is 0 Å². The molecule has 0 bridgehead atoms. The molecule has 7 nitrogen and oxygen atoms in total. The Bertz CT molecular complexity index is 710. The zero-order valence-corrected chi connectivity index (χ0v) is 15.2. The van der Waals surface area contributed by atoms with Gasteiger partial charge in [-0.25, -0.2) is 4.98 Å². The number of imidazole rings is 1. The lowest BCUT2D eigenvalue weighted by Crippen LogP contribution is -2.33. The molecule has 0 radical (unpaired) electrons. The van der Waals surface area contributed by atoms with Gasteiger partial charge in [0.05, 0.1) is 0 Å². The van der Waals surface area contributed by atoms with Crippen molar-refractivity contribution in [2.45, 2.75) is 38.1 Å². The van der Waals surface area contributed by atoms with Gasteiger partial charge in [-0.15, -0.1) is 0 Å². The molecule has 0 aliphatic rings. The normalized spacial score (nSPS) is 12.7. The van der Waals surface area contributed by atoms with Gasteiger partial charge >= 0.3 is 5.97 Å². The van der Waals surface area contributed by atoms with Crippen LogP contribution in [0.2, 0.25) is 5.15 Å². The average Bonchev–Trinajstić information content (AvgIpc) is 2.78. The summed E-state index contributed by atoms with van der Waals surface area (Å²) in [6.45, 7) is 1.74. The Labute approximate surface area is 151 Å². The van der Waals surface area contributed by atoms with E-state index in [2.05, 4.69) is 20.9 Å². The molecule has 5 N–H and O–H groups in total. The zero-order valence-electron chi connectivity index (χ0n) is 12.8. The van der Waals surface area contributed by atoms with Crippen LogP contribution in [0.4, 0.5) is 0 Å². The first-order valence-electron chi connectivity index (χ1n) is 7.19. The molecule has 1 aromatic heterocycles. The number of benzene rings is 1. The van der Waals surface area contributed by atoms with Gasteiger partial charge < -0.3 is 30.1 Å². The van der Waals surface area contributed by atoms with E-state index in [4.69, 9.17) is 11.6 Å². The second-order valence-electron chi connectivity index (χ2n) is 5.49. The first kappa shape index (κ1) is 19.3. The SMILES string of the molecule is CCCC(O)(O)c1nc(Cl)c(C(O)(O)O)n1Cc1ccc(Br)cc1. The molecule has 132 valence electrons. The number of hydrogen-bond acceptors (Lipinski definition) is 6. The minimum atomic E-state index is -3.28. The van der Waals surface area contributed by atoms with Crippen molar-refractivity contribution in [3.8, 4) is 0 Å². The molecular formula is C15H18BrClN2O5. The van der Waals surface area contributed by atoms with Crippen LogP contribution in [-0.4, -0.2) is 35.1 Å². The summed E-state index contributed by atoms with van der Waals surface area (Å²) < 4.78 is 1.93. The van der Waals surface area contributed by atoms with Crippen molar-refractivity contribution >= 4 is 27.5 Å². The quantitative estimate of drug-likeness (QED) is 0.450. The summed E-state index contributed by atoms with van der Waals surface area (Å²) in [6, 6.07) is 7.04. The zero-order chi connectivity index (χ0) is 18.1. The lowest BCUT2D eigenvalue weighted by molar-refractivity contribution is -0.327. The number of aliphatic hydroxyl groups is 5. The largest absolute Gasteiger partial charge is 0.360 e. The van der Waals surface area contributed by atoms with Crippen LogP contribution in [0.1, 0.15) is 36.8 Å². The van der Waals surface area contributed by atoms with Gasteiger partial charge in [0.15, 0.2) is 11.0 Å². The van der Waals surface area contributed by atoms with Crippen LogP contribution in [-0.2, 0) is 18.3 Å². The average molecular weight is 422 g/mol. The standard InChI is InChI=1S/C15H18BrClN2O5/c1-2-7-14(20,21)13-18-12(17)11(15(22,23)24)19(13)8-9-3-5-10(16)6-4-9/h3-6,20-24H,2,7-8H2,1H3. The second-order valence-corrected chi connectivity index (χ2v) is 6.76. The molecule has 9 heteroatoms. The van der Waals surface area contributed by atoms with Crippen molar-refractivity contribution in [2.24, 2.45) is 0 Å². The molecule has 24 heavy (non-hydrogen) atoms. The van der Waals surface area contributed by atoms with E-state index in [1.165, 1.54) is 0 Å². The van der Waals surface area contributed by atoms with Gasteiger partial charge in [0.25, 0.3) is 0 Å². The summed E-state index contributed by atoms with van der Waals surface area (Å²) in [7, 11) is 0. The molecule has 0 fully saturated rings. The summed E-state index contributed by atoms with van der Waals surface area (Å²) in [4.78, 5) is 3.82. The molecule has 0 amide bonds. The van der Waals surface area contributed by atoms with Gasteiger partial charge in [-0.2, -0.15) is 0 Å². The molecule has 0 spiro atoms. The third-order valence-electron chi connectivity index (χ3n) is 3.45. The summed E-state index contributed by atoms with van der Waals surface area (Å²) in [5, 5.41) is 48.8. The molecule has 0 saturated carbocycles. The fraction of sp³-hybridized carbons (Fsp3) is 0.400. The van der Waals surface area contributed by atoms with Crippen molar-refractivity contribution in [3.05, 3.63) is 51.0 Å². The van der Waals surface area contributed by atoms with Crippen LogP contribution >= 0.6 is 27.5 Å². The van der Waals surface area contributed by atoms with Crippen molar-refractivity contribution < 1.29 is 25.5 Å². The maximum atomic E-state index is 10.3. The van der Waals surface area contributed by atoms with Crippen LogP contribution in [0, 0.1) is 0 Å². The van der Waals surface area contributed by atoms with Crippen LogP contribution in [0.15, 0.2) is 28.7 Å². The predicted octanol–water partition coefficient (Wildman–Crippen LogP) is 1.37. The predicted molar refractivity (Wildman–Crippen MR) is 89.8 cm³/mol. The van der Waals surface area contributed by atoms with E-state index in [-0.39, 0.29) is 18.8 Å². The third-order valence-corrected chi connectivity index (χ3v) is 4.25. The molecule has 2 aromatic rings. The number of hydrogen-bond donors (Lipinski definition) is 5. The van der Waals surface area contributed by atoms with E-state index < -0.39 is 22.6 Å². The Morgan fingerprint density at radius 3 is 2.21 bits per heavy atom. The summed E-state index contributed by atoms with van der Waals surface area (Å²) in [6.07, 6.45) is 0.392. The fourth-order valence-electron chi connectivity index (χ4n) is 2.44. The first-order chi connectivity index (χ1) is 11.1. The molecule has 2 rings (SSSR count). The minimum Gasteiger partial charge on any atom is -0.360 e. The Hall–Kier alpha value is -1.000. The highest BCUT2D eigenvalue weighted by atomic mass is 79.9. The van der Waals surface area contributed by atoms with E-state index >= 15 is 0 Å². The molecule has 1 aromatic carbocycles. The van der Waals surface area contributed by atoms with Crippen LogP contribution in [0.5, 0.6) is 0 Å². The Morgan fingerprint density at radius 1 is 1.12 bits per heavy atom. The molecule has 0 unspecified atom stereocenters. The minimum absolute atomic E-state index is 0.00627. The lowest BCUT2D eigenvalue weighted by Gasteiger charge is -2.24. The van der Waals surface area contributed by atoms with Crippen molar-refractivity contribution in [1.82, 2.24) is 9.55 Å². The molecule has 0 atom stereocenters. The van der Waals surface area contributed by atoms with E-state index in [1.807, 2.05) is 0 Å². The number of halogens is 2. The van der Waals surface area contributed by atoms with E-state index in [9.17, 15) is 25.5 Å². The number of nitrogens with zero attached hydrogens (tertiary/aromatic N) is 2. The van der Waals surface area contributed by atoms with E-state index in [0.29, 0.717) is 12.0 Å². The Morgan fingerprint density at radius 2 is 1.71 bits per heavy atom. The fourth-order valence-corrected chi connectivity index (χ4v) is 3.01. The lowest BCUT2D eigenvalue weighted by atomic mass is 10.1. The smallest absolute Gasteiger partial charge is 0.323 e. The first-order valence-corrected chi connectivity index (χ1v) is 8.36. The molecular weight excluding hydrogens is 404 g/mol. The van der Waals surface area contributed by atoms with Crippen LogP contribution in [0.3, 0.4) is 0 Å². The van der Waals surface area contributed by atoms with Gasteiger partial charge in [0.1, 0.15) is 5.69 Å².